The van der Waals surface area contributed by atoms with Gasteiger partial charge in [0.25, 0.3) is 0 Å². The van der Waals surface area contributed by atoms with Gasteiger partial charge in [-0.3, -0.25) is 9.59 Å². The lowest BCUT2D eigenvalue weighted by molar-refractivity contribution is -0.120. The Bertz CT molecular complexity index is 780. The first-order valence-electron chi connectivity index (χ1n) is 8.39. The third kappa shape index (κ3) is 4.99. The van der Waals surface area contributed by atoms with Crippen molar-refractivity contribution in [3.05, 3.63) is 52.5 Å². The van der Waals surface area contributed by atoms with Gasteiger partial charge in [-0.15, -0.1) is 0 Å². The van der Waals surface area contributed by atoms with E-state index < -0.39 is 0 Å². The van der Waals surface area contributed by atoms with Crippen molar-refractivity contribution in [3.63, 3.8) is 0 Å². The summed E-state index contributed by atoms with van der Waals surface area (Å²) in [6.45, 7) is 7.60. The number of ether oxygens (including phenoxy) is 1. The summed E-state index contributed by atoms with van der Waals surface area (Å²) in [6, 6.07) is 10.8. The van der Waals surface area contributed by atoms with Crippen molar-refractivity contribution in [1.82, 2.24) is 0 Å². The number of hydrogen-bond acceptors (Lipinski definition) is 3. The van der Waals surface area contributed by atoms with Crippen LogP contribution in [-0.4, -0.2) is 25.0 Å². The van der Waals surface area contributed by atoms with Crippen LogP contribution in [0.15, 0.2) is 36.4 Å². The van der Waals surface area contributed by atoms with E-state index in [4.69, 9.17) is 16.3 Å². The average Bonchev–Trinajstić information content (AvgIpc) is 2.57. The van der Waals surface area contributed by atoms with E-state index in [1.165, 1.54) is 11.8 Å². The quantitative estimate of drug-likeness (QED) is 0.817. The number of benzene rings is 2. The van der Waals surface area contributed by atoms with Crippen LogP contribution in [0.1, 0.15) is 25.0 Å². The monoisotopic (exact) mass is 374 g/mol. The Balaban J connectivity index is 2.15. The van der Waals surface area contributed by atoms with Crippen LogP contribution in [0.25, 0.3) is 0 Å². The van der Waals surface area contributed by atoms with Crippen molar-refractivity contribution in [3.8, 4) is 5.75 Å². The fourth-order valence-corrected chi connectivity index (χ4v) is 3.04. The zero-order valence-electron chi connectivity index (χ0n) is 15.4. The van der Waals surface area contributed by atoms with Crippen molar-refractivity contribution in [2.45, 2.75) is 27.7 Å². The molecule has 0 unspecified atom stereocenters. The Labute approximate surface area is 158 Å². The van der Waals surface area contributed by atoms with Gasteiger partial charge >= 0.3 is 0 Å². The molecule has 2 rings (SSSR count). The number of carbonyl (C=O) groups is 2. The van der Waals surface area contributed by atoms with Crippen LogP contribution in [0.4, 0.5) is 11.4 Å². The van der Waals surface area contributed by atoms with Crippen molar-refractivity contribution >= 4 is 34.8 Å². The van der Waals surface area contributed by atoms with Crippen LogP contribution >= 0.6 is 11.6 Å². The lowest BCUT2D eigenvalue weighted by Crippen LogP contribution is -2.36. The maximum Gasteiger partial charge on any atom is 0.244 e. The van der Waals surface area contributed by atoms with Gasteiger partial charge in [-0.25, -0.2) is 0 Å². The molecule has 0 saturated carbocycles. The van der Waals surface area contributed by atoms with Crippen LogP contribution in [0.5, 0.6) is 5.75 Å². The molecule has 2 aromatic carbocycles. The summed E-state index contributed by atoms with van der Waals surface area (Å²) in [5.41, 5.74) is 3.09. The summed E-state index contributed by atoms with van der Waals surface area (Å²) >= 11 is 6.23. The van der Waals surface area contributed by atoms with Crippen LogP contribution in [0, 0.1) is 13.8 Å². The van der Waals surface area contributed by atoms with Gasteiger partial charge in [-0.1, -0.05) is 17.7 Å². The lowest BCUT2D eigenvalue weighted by Gasteiger charge is -2.21. The van der Waals surface area contributed by atoms with E-state index in [9.17, 15) is 9.59 Å². The molecule has 0 aliphatic carbocycles. The van der Waals surface area contributed by atoms with Crippen molar-refractivity contribution in [1.29, 1.82) is 0 Å². The molecule has 0 aliphatic rings. The summed E-state index contributed by atoms with van der Waals surface area (Å²) in [7, 11) is 0. The molecule has 138 valence electrons. The summed E-state index contributed by atoms with van der Waals surface area (Å²) in [4.78, 5) is 25.9. The Morgan fingerprint density at radius 1 is 1.15 bits per heavy atom. The van der Waals surface area contributed by atoms with E-state index in [1.54, 1.807) is 30.3 Å². The largest absolute Gasteiger partial charge is 0.494 e. The SMILES string of the molecule is CCOc1ccc(N(CC(=O)Nc2c(C)cc(C)cc2Cl)C(C)=O)cc1. The van der Waals surface area contributed by atoms with Gasteiger partial charge in [0, 0.05) is 12.6 Å². The molecule has 5 nitrogen and oxygen atoms in total. The van der Waals surface area contributed by atoms with Crippen LogP contribution < -0.4 is 15.0 Å². The predicted octanol–water partition coefficient (Wildman–Crippen LogP) is 4.35. The Morgan fingerprint density at radius 2 is 1.81 bits per heavy atom. The van der Waals surface area contributed by atoms with Crippen molar-refractivity contribution < 1.29 is 14.3 Å². The molecule has 2 aromatic rings. The van der Waals surface area contributed by atoms with Gasteiger partial charge in [0.2, 0.25) is 11.8 Å². The molecule has 2 amide bonds. The number of rotatable bonds is 6. The highest BCUT2D eigenvalue weighted by Gasteiger charge is 2.17. The van der Waals surface area contributed by atoms with E-state index in [-0.39, 0.29) is 18.4 Å². The lowest BCUT2D eigenvalue weighted by atomic mass is 10.1. The molecule has 0 atom stereocenters. The number of nitrogens with one attached hydrogen (secondary N) is 1. The predicted molar refractivity (Wildman–Crippen MR) is 105 cm³/mol. The minimum atomic E-state index is -0.317. The van der Waals surface area contributed by atoms with Gasteiger partial charge in [-0.2, -0.15) is 0 Å². The van der Waals surface area contributed by atoms with E-state index in [2.05, 4.69) is 5.32 Å². The number of carbonyl (C=O) groups excluding carboxylic acids is 2. The van der Waals surface area contributed by atoms with Gasteiger partial charge < -0.3 is 15.0 Å². The fourth-order valence-electron chi connectivity index (χ4n) is 2.67. The molecule has 0 aliphatic heterocycles. The van der Waals surface area contributed by atoms with E-state index in [0.717, 1.165) is 11.1 Å². The number of aryl methyl sites for hydroxylation is 2. The van der Waals surface area contributed by atoms with Gasteiger partial charge in [0.15, 0.2) is 0 Å². The molecule has 0 spiro atoms. The minimum Gasteiger partial charge on any atom is -0.494 e. The number of nitrogens with zero attached hydrogens (tertiary/aromatic N) is 1. The van der Waals surface area contributed by atoms with Gasteiger partial charge in [-0.05, 0) is 62.2 Å². The Morgan fingerprint density at radius 3 is 2.35 bits per heavy atom. The molecule has 0 bridgehead atoms. The molecule has 0 aromatic heterocycles. The first-order chi connectivity index (χ1) is 12.3. The standard InChI is InChI=1S/C20H23ClN2O3/c1-5-26-17-8-6-16(7-9-17)23(15(4)24)12-19(25)22-20-14(3)10-13(2)11-18(20)21/h6-11H,5,12H2,1-4H3,(H,22,25). The normalized spacial score (nSPS) is 10.3. The Kier molecular flexibility index (Phi) is 6.64. The molecule has 1 N–H and O–H groups in total. The molecule has 26 heavy (non-hydrogen) atoms. The molecule has 6 heteroatoms. The van der Waals surface area contributed by atoms with Crippen molar-refractivity contribution in [2.24, 2.45) is 0 Å². The van der Waals surface area contributed by atoms with Crippen LogP contribution in [-0.2, 0) is 9.59 Å². The second kappa shape index (κ2) is 8.72. The number of amides is 2. The van der Waals surface area contributed by atoms with Gasteiger partial charge in [0.1, 0.15) is 12.3 Å². The topological polar surface area (TPSA) is 58.6 Å². The van der Waals surface area contributed by atoms with Crippen LogP contribution in [0.3, 0.4) is 0 Å². The van der Waals surface area contributed by atoms with E-state index in [0.29, 0.717) is 28.8 Å². The fraction of sp³-hybridized carbons (Fsp3) is 0.300. The molecule has 0 radical (unpaired) electrons. The molecule has 0 heterocycles. The van der Waals surface area contributed by atoms with E-state index in [1.807, 2.05) is 26.8 Å². The third-order valence-corrected chi connectivity index (χ3v) is 4.14. The zero-order valence-corrected chi connectivity index (χ0v) is 16.2. The molecule has 0 fully saturated rings. The molecular formula is C20H23ClN2O3. The van der Waals surface area contributed by atoms with Crippen LogP contribution in [0.2, 0.25) is 5.02 Å². The zero-order chi connectivity index (χ0) is 19.3. The number of anilines is 2. The highest BCUT2D eigenvalue weighted by Crippen LogP contribution is 2.27. The summed E-state index contributed by atoms with van der Waals surface area (Å²) in [5.74, 6) is 0.172. The maximum absolute atomic E-state index is 12.5. The average molecular weight is 375 g/mol. The van der Waals surface area contributed by atoms with E-state index >= 15 is 0 Å². The Hall–Kier alpha value is -2.53. The third-order valence-electron chi connectivity index (χ3n) is 3.84. The smallest absolute Gasteiger partial charge is 0.244 e. The molecule has 0 saturated heterocycles. The first-order valence-corrected chi connectivity index (χ1v) is 8.77. The number of halogens is 1. The van der Waals surface area contributed by atoms with Gasteiger partial charge in [0.05, 0.1) is 17.3 Å². The summed E-state index contributed by atoms with van der Waals surface area (Å²) in [5, 5.41) is 3.28. The summed E-state index contributed by atoms with van der Waals surface area (Å²) < 4.78 is 5.40. The first kappa shape index (κ1) is 19.8. The van der Waals surface area contributed by atoms with Crippen molar-refractivity contribution in [2.75, 3.05) is 23.4 Å². The molecular weight excluding hydrogens is 352 g/mol. The highest BCUT2D eigenvalue weighted by molar-refractivity contribution is 6.34. The minimum absolute atomic E-state index is 0.104. The highest BCUT2D eigenvalue weighted by atomic mass is 35.5. The second-order valence-electron chi connectivity index (χ2n) is 6.02. The maximum atomic E-state index is 12.5. The number of hydrogen-bond donors (Lipinski definition) is 1. The summed E-state index contributed by atoms with van der Waals surface area (Å²) in [6.07, 6.45) is 0. The second-order valence-corrected chi connectivity index (χ2v) is 6.43.